The van der Waals surface area contributed by atoms with E-state index in [4.69, 9.17) is 4.74 Å². The van der Waals surface area contributed by atoms with Gasteiger partial charge in [-0.15, -0.1) is 0 Å². The number of rotatable bonds is 5. The topological polar surface area (TPSA) is 90.2 Å². The van der Waals surface area contributed by atoms with Gasteiger partial charge in [0.05, 0.1) is 11.2 Å². The fraction of sp³-hybridized carbons (Fsp3) is 0.692. The molecule has 5 heteroatoms. The highest BCUT2D eigenvalue weighted by Crippen LogP contribution is 2.50. The van der Waals surface area contributed by atoms with Crippen molar-refractivity contribution in [2.24, 2.45) is 11.3 Å². The van der Waals surface area contributed by atoms with Crippen molar-refractivity contribution in [3.05, 3.63) is 35.4 Å². The molecule has 3 rings (SSSR count). The highest BCUT2D eigenvalue weighted by molar-refractivity contribution is 5.41. The fourth-order valence-corrected chi connectivity index (χ4v) is 5.86. The average molecular weight is 433 g/mol. The Kier molecular flexibility index (Phi) is 6.81. The smallest absolute Gasteiger partial charge is 0.121 e. The number of benzene rings is 1. The minimum atomic E-state index is -1.09. The Bertz CT molecular complexity index is 796. The number of phenols is 2. The number of allylic oxidation sites excluding steroid dienone is 1. The number of phenolic OH excluding ortho intramolecular Hbond substituents is 2. The molecule has 1 heterocycles. The summed E-state index contributed by atoms with van der Waals surface area (Å²) in [5, 5.41) is 42.2. The molecule has 1 aliphatic carbocycles. The van der Waals surface area contributed by atoms with Gasteiger partial charge in [-0.1, -0.05) is 26.3 Å². The summed E-state index contributed by atoms with van der Waals surface area (Å²) in [6.45, 7) is 10.5. The summed E-state index contributed by atoms with van der Waals surface area (Å²) in [6.07, 6.45) is 6.71. The molecule has 1 aromatic rings. The Morgan fingerprint density at radius 3 is 2.48 bits per heavy atom. The molecule has 5 atom stereocenters. The number of ether oxygens (including phenoxy) is 1. The van der Waals surface area contributed by atoms with E-state index in [1.54, 1.807) is 0 Å². The van der Waals surface area contributed by atoms with Crippen LogP contribution in [0.2, 0.25) is 0 Å². The SMILES string of the molecule is CC1=CCCC(C)(CCC2C(C)(C)CCCC2(C)O)OC1C(O)c1cc(O)ccc1O. The monoisotopic (exact) mass is 432 g/mol. The van der Waals surface area contributed by atoms with Gasteiger partial charge in [0.25, 0.3) is 0 Å². The van der Waals surface area contributed by atoms with E-state index < -0.39 is 23.4 Å². The molecule has 0 amide bonds. The molecule has 1 saturated carbocycles. The third-order valence-corrected chi connectivity index (χ3v) is 7.78. The van der Waals surface area contributed by atoms with Gasteiger partial charge < -0.3 is 25.2 Å². The molecular formula is C26H40O5. The summed E-state index contributed by atoms with van der Waals surface area (Å²) in [7, 11) is 0. The molecule has 5 nitrogen and oxygen atoms in total. The van der Waals surface area contributed by atoms with Gasteiger partial charge in [0.1, 0.15) is 23.7 Å². The summed E-state index contributed by atoms with van der Waals surface area (Å²) < 4.78 is 6.56. The van der Waals surface area contributed by atoms with E-state index in [0.29, 0.717) is 0 Å². The molecule has 1 aromatic carbocycles. The number of aromatic hydroxyl groups is 2. The Morgan fingerprint density at radius 2 is 1.81 bits per heavy atom. The number of aliphatic hydroxyl groups excluding tert-OH is 1. The van der Waals surface area contributed by atoms with Crippen LogP contribution in [-0.4, -0.2) is 37.7 Å². The van der Waals surface area contributed by atoms with Gasteiger partial charge in [-0.25, -0.2) is 0 Å². The number of hydrogen-bond donors (Lipinski definition) is 4. The second-order valence-electron chi connectivity index (χ2n) is 11.0. The summed E-state index contributed by atoms with van der Waals surface area (Å²) in [6, 6.07) is 4.17. The molecule has 0 radical (unpaired) electrons. The highest BCUT2D eigenvalue weighted by atomic mass is 16.5. The second-order valence-corrected chi connectivity index (χ2v) is 11.0. The lowest BCUT2D eigenvalue weighted by Crippen LogP contribution is -2.48. The molecule has 2 aliphatic rings. The summed E-state index contributed by atoms with van der Waals surface area (Å²) in [5.41, 5.74) is 0.116. The maximum atomic E-state index is 11.1. The lowest BCUT2D eigenvalue weighted by Gasteiger charge is -2.49. The van der Waals surface area contributed by atoms with Crippen LogP contribution in [0.25, 0.3) is 0 Å². The summed E-state index contributed by atoms with van der Waals surface area (Å²) in [5.74, 6) is 0.115. The normalized spacial score (nSPS) is 34.6. The van der Waals surface area contributed by atoms with E-state index in [1.807, 2.05) is 13.8 Å². The van der Waals surface area contributed by atoms with Gasteiger partial charge in [0.15, 0.2) is 0 Å². The Balaban J connectivity index is 1.79. The fourth-order valence-electron chi connectivity index (χ4n) is 5.86. The predicted octanol–water partition coefficient (Wildman–Crippen LogP) is 5.37. The Hall–Kier alpha value is -1.56. The van der Waals surface area contributed by atoms with Crippen molar-refractivity contribution in [3.8, 4) is 11.5 Å². The molecule has 0 bridgehead atoms. The Labute approximate surface area is 186 Å². The first-order valence-electron chi connectivity index (χ1n) is 11.6. The van der Waals surface area contributed by atoms with Crippen LogP contribution in [0.1, 0.15) is 91.2 Å². The van der Waals surface area contributed by atoms with Gasteiger partial charge in [-0.05, 0) is 94.4 Å². The van der Waals surface area contributed by atoms with Crippen LogP contribution < -0.4 is 0 Å². The van der Waals surface area contributed by atoms with Crippen molar-refractivity contribution < 1.29 is 25.2 Å². The van der Waals surface area contributed by atoms with E-state index in [-0.39, 0.29) is 28.4 Å². The maximum Gasteiger partial charge on any atom is 0.121 e. The van der Waals surface area contributed by atoms with Crippen molar-refractivity contribution in [1.29, 1.82) is 0 Å². The van der Waals surface area contributed by atoms with Crippen LogP contribution in [0, 0.1) is 11.3 Å². The maximum absolute atomic E-state index is 11.1. The zero-order valence-corrected chi connectivity index (χ0v) is 19.7. The number of aliphatic hydroxyl groups is 2. The molecule has 1 aliphatic heterocycles. The van der Waals surface area contributed by atoms with Crippen LogP contribution in [0.3, 0.4) is 0 Å². The second kappa shape index (κ2) is 8.76. The van der Waals surface area contributed by atoms with Gasteiger partial charge in [0, 0.05) is 5.56 Å². The first-order valence-corrected chi connectivity index (χ1v) is 11.6. The van der Waals surface area contributed by atoms with E-state index in [0.717, 1.165) is 50.5 Å². The van der Waals surface area contributed by atoms with E-state index in [1.165, 1.54) is 18.2 Å². The molecule has 1 fully saturated rings. The van der Waals surface area contributed by atoms with Gasteiger partial charge in [-0.2, -0.15) is 0 Å². The van der Waals surface area contributed by atoms with Crippen molar-refractivity contribution in [3.63, 3.8) is 0 Å². The molecular weight excluding hydrogens is 392 g/mol. The summed E-state index contributed by atoms with van der Waals surface area (Å²) in [4.78, 5) is 0. The highest BCUT2D eigenvalue weighted by Gasteiger charge is 2.46. The van der Waals surface area contributed by atoms with Gasteiger partial charge >= 0.3 is 0 Å². The summed E-state index contributed by atoms with van der Waals surface area (Å²) >= 11 is 0. The lowest BCUT2D eigenvalue weighted by molar-refractivity contribution is -0.133. The van der Waals surface area contributed by atoms with Crippen molar-refractivity contribution >= 4 is 0 Å². The molecule has 0 aromatic heterocycles. The molecule has 0 saturated heterocycles. The average Bonchev–Trinajstić information content (AvgIpc) is 2.80. The Morgan fingerprint density at radius 1 is 1.10 bits per heavy atom. The molecule has 31 heavy (non-hydrogen) atoms. The zero-order valence-electron chi connectivity index (χ0n) is 19.7. The molecule has 4 N–H and O–H groups in total. The molecule has 0 spiro atoms. The van der Waals surface area contributed by atoms with Crippen molar-refractivity contribution in [2.45, 2.75) is 103 Å². The third kappa shape index (κ3) is 5.27. The first-order chi connectivity index (χ1) is 14.3. The predicted molar refractivity (Wildman–Crippen MR) is 122 cm³/mol. The van der Waals surface area contributed by atoms with E-state index >= 15 is 0 Å². The quantitative estimate of drug-likeness (QED) is 0.371. The standard InChI is InChI=1S/C26H40O5/c1-17-8-6-13-25(4,15-11-21-24(2,3)12-7-14-26(21,5)30)31-23(17)22(29)19-16-18(27)9-10-20(19)28/h8-10,16,21-23,27-30H,6-7,11-15H2,1-5H3. The van der Waals surface area contributed by atoms with E-state index in [2.05, 4.69) is 26.8 Å². The molecule has 174 valence electrons. The molecule has 5 unspecified atom stereocenters. The van der Waals surface area contributed by atoms with Crippen LogP contribution in [0.15, 0.2) is 29.8 Å². The van der Waals surface area contributed by atoms with Crippen LogP contribution in [0.4, 0.5) is 0 Å². The van der Waals surface area contributed by atoms with Gasteiger partial charge in [-0.3, -0.25) is 0 Å². The number of hydrogen-bond acceptors (Lipinski definition) is 5. The van der Waals surface area contributed by atoms with Gasteiger partial charge in [0.2, 0.25) is 0 Å². The zero-order chi connectivity index (χ0) is 23.0. The lowest BCUT2D eigenvalue weighted by atomic mass is 9.60. The van der Waals surface area contributed by atoms with E-state index in [9.17, 15) is 20.4 Å². The first kappa shape index (κ1) is 24.1. The third-order valence-electron chi connectivity index (χ3n) is 7.78. The van der Waals surface area contributed by atoms with Crippen molar-refractivity contribution in [1.82, 2.24) is 0 Å². The minimum Gasteiger partial charge on any atom is -0.508 e. The van der Waals surface area contributed by atoms with Crippen LogP contribution in [0.5, 0.6) is 11.5 Å². The van der Waals surface area contributed by atoms with Crippen LogP contribution in [-0.2, 0) is 4.74 Å². The largest absolute Gasteiger partial charge is 0.508 e. The minimum absolute atomic E-state index is 0.00775. The van der Waals surface area contributed by atoms with Crippen molar-refractivity contribution in [2.75, 3.05) is 0 Å². The van der Waals surface area contributed by atoms with Crippen LogP contribution >= 0.6 is 0 Å².